The molecule has 2 amide bonds. The fourth-order valence-corrected chi connectivity index (χ4v) is 5.24. The first-order chi connectivity index (χ1) is 19.4. The molecule has 3 aromatic carbocycles. The average molecular weight is 610 g/mol. The molecule has 0 heterocycles. The van der Waals surface area contributed by atoms with Crippen molar-refractivity contribution in [3.63, 3.8) is 0 Å². The number of halogens is 1. The van der Waals surface area contributed by atoms with Crippen molar-refractivity contribution in [3.05, 3.63) is 88.4 Å². The Balaban J connectivity index is 1.61. The first-order valence-corrected chi connectivity index (χ1v) is 14.5. The van der Waals surface area contributed by atoms with Gasteiger partial charge in [-0.15, -0.1) is 0 Å². The van der Waals surface area contributed by atoms with Gasteiger partial charge in [-0.2, -0.15) is 0 Å². The second-order valence-corrected chi connectivity index (χ2v) is 10.9. The van der Waals surface area contributed by atoms with Gasteiger partial charge in [0.15, 0.2) is 6.61 Å². The Hall–Kier alpha value is -3.52. The van der Waals surface area contributed by atoms with Gasteiger partial charge in [0.1, 0.15) is 23.3 Å². The van der Waals surface area contributed by atoms with Crippen molar-refractivity contribution in [1.29, 1.82) is 0 Å². The Morgan fingerprint density at radius 1 is 0.875 bits per heavy atom. The fourth-order valence-electron chi connectivity index (χ4n) is 4.98. The number of nitrogens with zero attached hydrogens (tertiary/aromatic N) is 1. The lowest BCUT2D eigenvalue weighted by atomic mass is 9.94. The number of carbonyl (C=O) groups is 2. The van der Waals surface area contributed by atoms with Crippen LogP contribution in [0.4, 0.5) is 0 Å². The molecule has 1 aliphatic carbocycles. The van der Waals surface area contributed by atoms with Gasteiger partial charge in [0.05, 0.1) is 14.2 Å². The van der Waals surface area contributed by atoms with E-state index in [4.69, 9.17) is 14.2 Å². The van der Waals surface area contributed by atoms with Crippen LogP contribution < -0.4 is 19.5 Å². The monoisotopic (exact) mass is 608 g/mol. The highest BCUT2D eigenvalue weighted by molar-refractivity contribution is 9.10. The summed E-state index contributed by atoms with van der Waals surface area (Å²) in [6.07, 6.45) is 5.73. The molecule has 1 fully saturated rings. The minimum Gasteiger partial charge on any atom is -0.496 e. The third-order valence-electron chi connectivity index (χ3n) is 7.18. The normalized spacial score (nSPS) is 14.2. The number of benzene rings is 3. The summed E-state index contributed by atoms with van der Waals surface area (Å²) >= 11 is 3.48. The lowest BCUT2D eigenvalue weighted by Gasteiger charge is -2.33. The van der Waals surface area contributed by atoms with Crippen molar-refractivity contribution >= 4 is 27.7 Å². The van der Waals surface area contributed by atoms with E-state index in [0.29, 0.717) is 23.7 Å². The van der Waals surface area contributed by atoms with Crippen LogP contribution in [0, 0.1) is 0 Å². The van der Waals surface area contributed by atoms with Gasteiger partial charge in [0, 0.05) is 41.7 Å². The van der Waals surface area contributed by atoms with E-state index in [1.54, 1.807) is 37.3 Å². The van der Waals surface area contributed by atoms with E-state index in [1.807, 2.05) is 54.6 Å². The Kier molecular flexibility index (Phi) is 10.9. The Morgan fingerprint density at radius 2 is 1.50 bits per heavy atom. The first kappa shape index (κ1) is 29.5. The molecule has 1 saturated carbocycles. The SMILES string of the molecule is COc1cc(OC)cc(OCC(=O)N(Cc2ccc(Br)cc2)[C@@H](Cc2ccccc2)C(=O)NC2CCCCC2)c1. The zero-order chi connectivity index (χ0) is 28.3. The third kappa shape index (κ3) is 8.49. The van der Waals surface area contributed by atoms with Crippen LogP contribution in [-0.4, -0.2) is 49.6 Å². The van der Waals surface area contributed by atoms with Crippen molar-refractivity contribution in [2.75, 3.05) is 20.8 Å². The molecular weight excluding hydrogens is 572 g/mol. The summed E-state index contributed by atoms with van der Waals surface area (Å²) in [5.74, 6) is 1.14. The van der Waals surface area contributed by atoms with Gasteiger partial charge in [-0.05, 0) is 36.1 Å². The van der Waals surface area contributed by atoms with Crippen molar-refractivity contribution in [2.45, 2.75) is 57.2 Å². The van der Waals surface area contributed by atoms with E-state index >= 15 is 0 Å². The molecule has 0 radical (unpaired) electrons. The molecule has 212 valence electrons. The molecule has 1 aliphatic rings. The number of amides is 2. The lowest BCUT2D eigenvalue weighted by Crippen LogP contribution is -2.53. The number of hydrogen-bond donors (Lipinski definition) is 1. The summed E-state index contributed by atoms with van der Waals surface area (Å²) in [4.78, 5) is 29.4. The molecule has 1 atom stereocenters. The topological polar surface area (TPSA) is 77.1 Å². The molecular formula is C32H37BrN2O5. The van der Waals surface area contributed by atoms with Crippen LogP contribution >= 0.6 is 15.9 Å². The largest absolute Gasteiger partial charge is 0.496 e. The van der Waals surface area contributed by atoms with Crippen LogP contribution in [0.1, 0.15) is 43.2 Å². The van der Waals surface area contributed by atoms with E-state index in [1.165, 1.54) is 6.42 Å². The predicted octanol–water partition coefficient (Wildman–Crippen LogP) is 5.93. The number of ether oxygens (including phenoxy) is 3. The molecule has 8 heteroatoms. The average Bonchev–Trinajstić information content (AvgIpc) is 2.99. The van der Waals surface area contributed by atoms with Crippen LogP contribution in [0.15, 0.2) is 77.3 Å². The van der Waals surface area contributed by atoms with Gasteiger partial charge in [0.2, 0.25) is 5.91 Å². The summed E-state index contributed by atoms with van der Waals surface area (Å²) in [5.41, 5.74) is 1.90. The van der Waals surface area contributed by atoms with Crippen LogP contribution in [0.2, 0.25) is 0 Å². The maximum Gasteiger partial charge on any atom is 0.261 e. The number of rotatable bonds is 12. The van der Waals surface area contributed by atoms with Crippen LogP contribution in [0.3, 0.4) is 0 Å². The van der Waals surface area contributed by atoms with E-state index in [0.717, 1.165) is 41.3 Å². The third-order valence-corrected chi connectivity index (χ3v) is 7.70. The zero-order valence-corrected chi connectivity index (χ0v) is 24.7. The first-order valence-electron chi connectivity index (χ1n) is 13.7. The van der Waals surface area contributed by atoms with Crippen molar-refractivity contribution < 1.29 is 23.8 Å². The summed E-state index contributed by atoms with van der Waals surface area (Å²) in [7, 11) is 3.12. The minimum absolute atomic E-state index is 0.129. The maximum atomic E-state index is 13.9. The van der Waals surface area contributed by atoms with Gasteiger partial charge in [-0.3, -0.25) is 9.59 Å². The quantitative estimate of drug-likeness (QED) is 0.275. The van der Waals surface area contributed by atoms with Crippen molar-refractivity contribution in [2.24, 2.45) is 0 Å². The number of hydrogen-bond acceptors (Lipinski definition) is 5. The van der Waals surface area contributed by atoms with E-state index in [9.17, 15) is 9.59 Å². The zero-order valence-electron chi connectivity index (χ0n) is 23.1. The van der Waals surface area contributed by atoms with Gasteiger partial charge < -0.3 is 24.4 Å². The second-order valence-electron chi connectivity index (χ2n) is 10.0. The molecule has 0 spiro atoms. The molecule has 4 rings (SSSR count). The summed E-state index contributed by atoms with van der Waals surface area (Å²) in [6, 6.07) is 22.2. The molecule has 0 aliphatic heterocycles. The van der Waals surface area contributed by atoms with Gasteiger partial charge in [0.25, 0.3) is 5.91 Å². The highest BCUT2D eigenvalue weighted by atomic mass is 79.9. The highest BCUT2D eigenvalue weighted by Gasteiger charge is 2.32. The van der Waals surface area contributed by atoms with Crippen molar-refractivity contribution in [1.82, 2.24) is 10.2 Å². The second kappa shape index (κ2) is 14.7. The van der Waals surface area contributed by atoms with Crippen LogP contribution in [-0.2, 0) is 22.6 Å². The molecule has 0 saturated heterocycles. The summed E-state index contributed by atoms with van der Waals surface area (Å²) in [6.45, 7) is 0.0291. The molecule has 7 nitrogen and oxygen atoms in total. The number of carbonyl (C=O) groups excluding carboxylic acids is 2. The van der Waals surface area contributed by atoms with Crippen LogP contribution in [0.25, 0.3) is 0 Å². The molecule has 3 aromatic rings. The standard InChI is InChI=1S/C32H37BrN2O5/c1-38-27-18-28(39-2)20-29(19-27)40-22-31(36)35(21-24-13-15-25(33)16-14-24)30(17-23-9-5-3-6-10-23)32(37)34-26-11-7-4-8-12-26/h3,5-6,9-10,13-16,18-20,26,30H,4,7-8,11-12,17,21-22H2,1-2H3,(H,34,37)/t30-/m0/s1. The van der Waals surface area contributed by atoms with E-state index in [2.05, 4.69) is 21.2 Å². The fraction of sp³-hybridized carbons (Fsp3) is 0.375. The highest BCUT2D eigenvalue weighted by Crippen LogP contribution is 2.28. The maximum absolute atomic E-state index is 13.9. The molecule has 1 N–H and O–H groups in total. The van der Waals surface area contributed by atoms with Gasteiger partial charge in [-0.25, -0.2) is 0 Å². The summed E-state index contributed by atoms with van der Waals surface area (Å²) < 4.78 is 17.5. The van der Waals surface area contributed by atoms with Gasteiger partial charge >= 0.3 is 0 Å². The smallest absolute Gasteiger partial charge is 0.261 e. The number of nitrogens with one attached hydrogen (secondary N) is 1. The summed E-state index contributed by atoms with van der Waals surface area (Å²) in [5, 5.41) is 3.26. The van der Waals surface area contributed by atoms with E-state index < -0.39 is 6.04 Å². The Labute approximate surface area is 244 Å². The predicted molar refractivity (Wildman–Crippen MR) is 159 cm³/mol. The molecule has 0 unspecified atom stereocenters. The van der Waals surface area contributed by atoms with Crippen LogP contribution in [0.5, 0.6) is 17.2 Å². The minimum atomic E-state index is -0.705. The van der Waals surface area contributed by atoms with Gasteiger partial charge in [-0.1, -0.05) is 77.7 Å². The number of methoxy groups -OCH3 is 2. The Bertz CT molecular complexity index is 1220. The Morgan fingerprint density at radius 3 is 2.12 bits per heavy atom. The molecule has 0 bridgehead atoms. The van der Waals surface area contributed by atoms with E-state index in [-0.39, 0.29) is 31.0 Å². The molecule has 0 aromatic heterocycles. The van der Waals surface area contributed by atoms with Crippen molar-refractivity contribution in [3.8, 4) is 17.2 Å². The lowest BCUT2D eigenvalue weighted by molar-refractivity contribution is -0.143. The molecule has 40 heavy (non-hydrogen) atoms.